The van der Waals surface area contributed by atoms with Crippen LogP contribution < -0.4 is 16.6 Å². The standard InChI is InChI=1S/C26H40N4O4/c1-18(2)17-30(26(33)19(3)27)28-24(31)23(16-21-12-7-8-13-21)22(25(32)29-34)15-9-14-20-10-5-4-6-11-20/h4-6,9-11,14,18-19,21-23,34H,7-8,12-13,15-17,27H2,1-3H3,(H,28,31)(H,29,32)/t19-,22+,23-/m1/s1. The van der Waals surface area contributed by atoms with Crippen molar-refractivity contribution < 1.29 is 19.6 Å². The highest BCUT2D eigenvalue weighted by Gasteiger charge is 2.37. The zero-order valence-corrected chi connectivity index (χ0v) is 20.6. The van der Waals surface area contributed by atoms with Crippen LogP contribution in [-0.4, -0.2) is 40.5 Å². The highest BCUT2D eigenvalue weighted by atomic mass is 16.5. The zero-order chi connectivity index (χ0) is 25.1. The monoisotopic (exact) mass is 472 g/mol. The van der Waals surface area contributed by atoms with E-state index >= 15 is 0 Å². The van der Waals surface area contributed by atoms with Crippen LogP contribution in [0.2, 0.25) is 0 Å². The van der Waals surface area contributed by atoms with Crippen molar-refractivity contribution in [3.63, 3.8) is 0 Å². The molecule has 2 rings (SSSR count). The van der Waals surface area contributed by atoms with Gasteiger partial charge in [-0.05, 0) is 37.2 Å². The zero-order valence-electron chi connectivity index (χ0n) is 20.6. The van der Waals surface area contributed by atoms with E-state index in [0.717, 1.165) is 31.2 Å². The summed E-state index contributed by atoms with van der Waals surface area (Å²) < 4.78 is 0. The first kappa shape index (κ1) is 27.5. The number of nitrogens with one attached hydrogen (secondary N) is 2. The van der Waals surface area contributed by atoms with Gasteiger partial charge in [0.2, 0.25) is 11.8 Å². The van der Waals surface area contributed by atoms with Gasteiger partial charge >= 0.3 is 0 Å². The van der Waals surface area contributed by atoms with Crippen LogP contribution in [0, 0.1) is 23.7 Å². The molecule has 0 aromatic heterocycles. The summed E-state index contributed by atoms with van der Waals surface area (Å²) in [6, 6.07) is 8.90. The number of carbonyl (C=O) groups excluding carboxylic acids is 3. The molecule has 5 N–H and O–H groups in total. The van der Waals surface area contributed by atoms with E-state index in [1.807, 2.05) is 56.3 Å². The van der Waals surface area contributed by atoms with Gasteiger partial charge in [-0.1, -0.05) is 82.0 Å². The Morgan fingerprint density at radius 3 is 2.29 bits per heavy atom. The van der Waals surface area contributed by atoms with Crippen molar-refractivity contribution in [2.75, 3.05) is 6.54 Å². The molecule has 188 valence electrons. The average molecular weight is 473 g/mol. The molecule has 0 saturated heterocycles. The summed E-state index contributed by atoms with van der Waals surface area (Å²) in [6.07, 6.45) is 8.76. The number of hydrazine groups is 1. The number of hydroxylamine groups is 1. The Balaban J connectivity index is 2.27. The van der Waals surface area contributed by atoms with Crippen LogP contribution in [-0.2, 0) is 14.4 Å². The highest BCUT2D eigenvalue weighted by molar-refractivity contribution is 5.89. The first-order valence-corrected chi connectivity index (χ1v) is 12.3. The van der Waals surface area contributed by atoms with Crippen LogP contribution >= 0.6 is 0 Å². The third kappa shape index (κ3) is 8.57. The molecule has 1 aromatic rings. The molecule has 0 spiro atoms. The van der Waals surface area contributed by atoms with Crippen molar-refractivity contribution >= 4 is 23.8 Å². The van der Waals surface area contributed by atoms with E-state index < -0.39 is 29.7 Å². The molecule has 0 bridgehead atoms. The smallest absolute Gasteiger partial charge is 0.257 e. The Kier molecular flexibility index (Phi) is 11.2. The largest absolute Gasteiger partial charge is 0.320 e. The lowest BCUT2D eigenvalue weighted by Crippen LogP contribution is -2.55. The predicted octanol–water partition coefficient (Wildman–Crippen LogP) is 3.27. The molecular formula is C26H40N4O4. The van der Waals surface area contributed by atoms with E-state index in [1.54, 1.807) is 12.4 Å². The van der Waals surface area contributed by atoms with E-state index in [0.29, 0.717) is 18.9 Å². The maximum Gasteiger partial charge on any atom is 0.257 e. The minimum atomic E-state index is -0.781. The van der Waals surface area contributed by atoms with Crippen LogP contribution in [0.4, 0.5) is 0 Å². The van der Waals surface area contributed by atoms with Crippen LogP contribution in [0.1, 0.15) is 64.9 Å². The van der Waals surface area contributed by atoms with E-state index in [4.69, 9.17) is 5.73 Å². The van der Waals surface area contributed by atoms with Crippen LogP contribution in [0.5, 0.6) is 0 Å². The lowest BCUT2D eigenvalue weighted by Gasteiger charge is -2.31. The quantitative estimate of drug-likeness (QED) is 0.291. The molecule has 0 unspecified atom stereocenters. The second kappa shape index (κ2) is 13.9. The number of hydrogen-bond donors (Lipinski definition) is 4. The van der Waals surface area contributed by atoms with Crippen molar-refractivity contribution in [3.05, 3.63) is 42.0 Å². The number of carbonyl (C=O) groups is 3. The molecule has 8 nitrogen and oxygen atoms in total. The minimum absolute atomic E-state index is 0.113. The van der Waals surface area contributed by atoms with Crippen LogP contribution in [0.15, 0.2) is 36.4 Å². The minimum Gasteiger partial charge on any atom is -0.320 e. The van der Waals surface area contributed by atoms with Crippen LogP contribution in [0.25, 0.3) is 6.08 Å². The molecular weight excluding hydrogens is 432 g/mol. The Hall–Kier alpha value is -2.71. The lowest BCUT2D eigenvalue weighted by atomic mass is 9.80. The van der Waals surface area contributed by atoms with Gasteiger partial charge in [-0.15, -0.1) is 0 Å². The predicted molar refractivity (Wildman–Crippen MR) is 132 cm³/mol. The number of benzene rings is 1. The molecule has 0 aliphatic heterocycles. The summed E-state index contributed by atoms with van der Waals surface area (Å²) in [4.78, 5) is 38.8. The van der Waals surface area contributed by atoms with E-state index in [-0.39, 0.29) is 18.2 Å². The van der Waals surface area contributed by atoms with Gasteiger partial charge in [0.05, 0.1) is 17.9 Å². The van der Waals surface area contributed by atoms with Crippen molar-refractivity contribution in [2.24, 2.45) is 29.4 Å². The number of amides is 3. The van der Waals surface area contributed by atoms with Gasteiger partial charge in [0, 0.05) is 6.54 Å². The number of rotatable bonds is 11. The third-order valence-electron chi connectivity index (χ3n) is 6.28. The van der Waals surface area contributed by atoms with Crippen molar-refractivity contribution in [1.82, 2.24) is 15.9 Å². The lowest BCUT2D eigenvalue weighted by molar-refractivity contribution is -0.148. The van der Waals surface area contributed by atoms with Crippen molar-refractivity contribution in [2.45, 2.75) is 65.3 Å². The number of hydrogen-bond acceptors (Lipinski definition) is 5. The molecule has 0 radical (unpaired) electrons. The Labute approximate surface area is 202 Å². The van der Waals surface area contributed by atoms with E-state index in [1.165, 1.54) is 5.01 Å². The molecule has 1 aliphatic rings. The van der Waals surface area contributed by atoms with Crippen molar-refractivity contribution in [3.8, 4) is 0 Å². The Morgan fingerprint density at radius 2 is 1.74 bits per heavy atom. The average Bonchev–Trinajstić information content (AvgIpc) is 3.33. The molecule has 34 heavy (non-hydrogen) atoms. The van der Waals surface area contributed by atoms with Gasteiger partial charge in [-0.2, -0.15) is 0 Å². The fourth-order valence-electron chi connectivity index (χ4n) is 4.53. The summed E-state index contributed by atoms with van der Waals surface area (Å²) in [6.45, 7) is 5.78. The molecule has 3 amide bonds. The Bertz CT molecular complexity index is 819. The molecule has 1 saturated carbocycles. The fraction of sp³-hybridized carbons (Fsp3) is 0.577. The van der Waals surface area contributed by atoms with Gasteiger partial charge < -0.3 is 5.73 Å². The second-order valence-electron chi connectivity index (χ2n) is 9.73. The maximum atomic E-state index is 13.5. The first-order chi connectivity index (χ1) is 16.2. The van der Waals surface area contributed by atoms with Gasteiger partial charge in [0.1, 0.15) is 0 Å². The van der Waals surface area contributed by atoms with Crippen molar-refractivity contribution in [1.29, 1.82) is 0 Å². The van der Waals surface area contributed by atoms with E-state index in [2.05, 4.69) is 5.43 Å². The number of nitrogens with two attached hydrogens (primary N) is 1. The first-order valence-electron chi connectivity index (χ1n) is 12.3. The fourth-order valence-corrected chi connectivity index (χ4v) is 4.53. The topological polar surface area (TPSA) is 125 Å². The van der Waals surface area contributed by atoms with Gasteiger partial charge in [0.25, 0.3) is 5.91 Å². The summed E-state index contributed by atoms with van der Waals surface area (Å²) in [7, 11) is 0. The molecule has 8 heteroatoms. The summed E-state index contributed by atoms with van der Waals surface area (Å²) in [5.74, 6) is -2.43. The van der Waals surface area contributed by atoms with Gasteiger partial charge in [0.15, 0.2) is 0 Å². The van der Waals surface area contributed by atoms with E-state index in [9.17, 15) is 19.6 Å². The third-order valence-corrected chi connectivity index (χ3v) is 6.28. The maximum absolute atomic E-state index is 13.5. The molecule has 1 aliphatic carbocycles. The van der Waals surface area contributed by atoms with Gasteiger partial charge in [-0.25, -0.2) is 5.48 Å². The summed E-state index contributed by atoms with van der Waals surface area (Å²) in [5, 5.41) is 10.7. The second-order valence-corrected chi connectivity index (χ2v) is 9.73. The molecule has 1 fully saturated rings. The number of nitrogens with zero attached hydrogens (tertiary/aromatic N) is 1. The normalized spacial score (nSPS) is 16.9. The summed E-state index contributed by atoms with van der Waals surface area (Å²) >= 11 is 0. The number of allylic oxidation sites excluding steroid dienone is 1. The Morgan fingerprint density at radius 1 is 1.09 bits per heavy atom. The van der Waals surface area contributed by atoms with Gasteiger partial charge in [-0.3, -0.25) is 30.0 Å². The molecule has 1 aromatic carbocycles. The SMILES string of the molecule is CC(C)CN(NC(=O)[C@H](CC1CCCC1)[C@H](CC=Cc1ccccc1)C(=O)NO)C(=O)[C@@H](C)N. The summed E-state index contributed by atoms with van der Waals surface area (Å²) in [5.41, 5.74) is 11.3. The van der Waals surface area contributed by atoms with Crippen LogP contribution in [0.3, 0.4) is 0 Å². The highest BCUT2D eigenvalue weighted by Crippen LogP contribution is 2.34. The molecule has 0 heterocycles. The molecule has 3 atom stereocenters.